The van der Waals surface area contributed by atoms with Gasteiger partial charge in [-0.25, -0.2) is 4.99 Å². The molecule has 3 aliphatic rings. The van der Waals surface area contributed by atoms with Crippen molar-refractivity contribution in [2.45, 2.75) is 65.3 Å². The number of aliphatic imine (C=N–C) groups is 1. The average molecular weight is 263 g/mol. The Morgan fingerprint density at radius 3 is 2.50 bits per heavy atom. The molecule has 3 aliphatic carbocycles. The van der Waals surface area contributed by atoms with E-state index in [0.29, 0.717) is 10.8 Å². The normalized spacial score (nSPS) is 52.8. The van der Waals surface area contributed by atoms with Crippen molar-refractivity contribution in [1.29, 1.82) is 0 Å². The van der Waals surface area contributed by atoms with Crippen molar-refractivity contribution in [2.75, 3.05) is 0 Å². The first-order chi connectivity index (χ1) is 8.35. The van der Waals surface area contributed by atoms with Gasteiger partial charge in [-0.1, -0.05) is 27.2 Å². The van der Waals surface area contributed by atoms with E-state index < -0.39 is 0 Å². The molecule has 2 heteroatoms. The summed E-state index contributed by atoms with van der Waals surface area (Å²) >= 11 is 4.93. The summed E-state index contributed by atoms with van der Waals surface area (Å²) in [4.78, 5) is 4.65. The molecule has 0 heterocycles. The first kappa shape index (κ1) is 12.8. The summed E-state index contributed by atoms with van der Waals surface area (Å²) in [6.07, 6.45) is 6.73. The fraction of sp³-hybridized carbons (Fsp3) is 0.938. The highest BCUT2D eigenvalue weighted by molar-refractivity contribution is 7.78. The monoisotopic (exact) mass is 263 g/mol. The zero-order valence-corrected chi connectivity index (χ0v) is 12.9. The molecular formula is C16H25NS. The molecule has 0 saturated heterocycles. The topological polar surface area (TPSA) is 12.4 Å². The van der Waals surface area contributed by atoms with E-state index in [4.69, 9.17) is 12.2 Å². The molecule has 3 fully saturated rings. The van der Waals surface area contributed by atoms with Crippen LogP contribution in [-0.2, 0) is 0 Å². The van der Waals surface area contributed by atoms with Crippen LogP contribution in [0.25, 0.3) is 0 Å². The molecule has 3 saturated carbocycles. The SMILES string of the molecule is CC12CCCC(C)(N=C=S)C1C1C(CC2)C1(C)C. The van der Waals surface area contributed by atoms with Gasteiger partial charge in [0.1, 0.15) is 0 Å². The van der Waals surface area contributed by atoms with Gasteiger partial charge in [0, 0.05) is 0 Å². The molecular weight excluding hydrogens is 238 g/mol. The number of isothiocyanates is 1. The minimum absolute atomic E-state index is 0.0614. The number of fused-ring (bicyclic) bond motifs is 3. The molecule has 0 N–H and O–H groups in total. The van der Waals surface area contributed by atoms with Gasteiger partial charge >= 0.3 is 0 Å². The van der Waals surface area contributed by atoms with Crippen LogP contribution in [0.5, 0.6) is 0 Å². The zero-order chi connectivity index (χ0) is 13.2. The molecule has 100 valence electrons. The van der Waals surface area contributed by atoms with E-state index >= 15 is 0 Å². The molecule has 0 aromatic carbocycles. The fourth-order valence-electron chi connectivity index (χ4n) is 5.73. The Hall–Kier alpha value is -0.200. The van der Waals surface area contributed by atoms with E-state index in [0.717, 1.165) is 17.8 Å². The predicted octanol–water partition coefficient (Wildman–Crippen LogP) is 4.72. The van der Waals surface area contributed by atoms with Crippen LogP contribution in [0.4, 0.5) is 0 Å². The predicted molar refractivity (Wildman–Crippen MR) is 78.9 cm³/mol. The Kier molecular flexibility index (Phi) is 2.61. The van der Waals surface area contributed by atoms with Crippen LogP contribution in [0.3, 0.4) is 0 Å². The third-order valence-electron chi connectivity index (χ3n) is 6.68. The Balaban J connectivity index is 2.03. The van der Waals surface area contributed by atoms with Crippen molar-refractivity contribution in [3.8, 4) is 0 Å². The van der Waals surface area contributed by atoms with Gasteiger partial charge in [-0.3, -0.25) is 0 Å². The van der Waals surface area contributed by atoms with Gasteiger partial charge < -0.3 is 0 Å². The summed E-state index contributed by atoms with van der Waals surface area (Å²) in [5.41, 5.74) is 1.10. The lowest BCUT2D eigenvalue weighted by molar-refractivity contribution is -0.00530. The van der Waals surface area contributed by atoms with Crippen LogP contribution in [-0.4, -0.2) is 10.7 Å². The highest BCUT2D eigenvalue weighted by atomic mass is 32.1. The van der Waals surface area contributed by atoms with Crippen LogP contribution < -0.4 is 0 Å². The van der Waals surface area contributed by atoms with Crippen LogP contribution in [0.1, 0.15) is 59.8 Å². The second-order valence-electron chi connectivity index (χ2n) is 8.04. The molecule has 5 atom stereocenters. The minimum atomic E-state index is 0.0614. The van der Waals surface area contributed by atoms with Gasteiger partial charge in [0.25, 0.3) is 0 Å². The molecule has 5 unspecified atom stereocenters. The second kappa shape index (κ2) is 3.67. The van der Waals surface area contributed by atoms with Crippen molar-refractivity contribution < 1.29 is 0 Å². The number of nitrogens with zero attached hydrogens (tertiary/aromatic N) is 1. The lowest BCUT2D eigenvalue weighted by Crippen LogP contribution is -2.50. The Morgan fingerprint density at radius 1 is 1.11 bits per heavy atom. The third kappa shape index (κ3) is 1.51. The molecule has 0 aromatic heterocycles. The summed E-state index contributed by atoms with van der Waals surface area (Å²) in [6, 6.07) is 0. The molecule has 0 aliphatic heterocycles. The van der Waals surface area contributed by atoms with Gasteiger partial charge in [0.15, 0.2) is 0 Å². The standard InChI is InChI=1S/C16H25NS/c1-14(2)11-6-9-15(3)7-5-8-16(4,17-10-18)13(15)12(11)14/h11-13H,5-9H2,1-4H3. The third-order valence-corrected chi connectivity index (χ3v) is 6.77. The quantitative estimate of drug-likeness (QED) is 0.492. The highest BCUT2D eigenvalue weighted by Crippen LogP contribution is 2.74. The Morgan fingerprint density at radius 2 is 1.83 bits per heavy atom. The van der Waals surface area contributed by atoms with E-state index in [9.17, 15) is 0 Å². The van der Waals surface area contributed by atoms with Gasteiger partial charge in [-0.2, -0.15) is 0 Å². The average Bonchev–Trinajstić information content (AvgIpc) is 2.80. The molecule has 0 radical (unpaired) electrons. The Bertz CT molecular complexity index is 423. The fourth-order valence-corrected chi connectivity index (χ4v) is 5.94. The first-order valence-corrected chi connectivity index (χ1v) is 7.85. The van der Waals surface area contributed by atoms with E-state index in [2.05, 4.69) is 37.8 Å². The number of hydrogen-bond donors (Lipinski definition) is 0. The number of thiocarbonyl (C=S) groups is 1. The summed E-state index contributed by atoms with van der Waals surface area (Å²) in [7, 11) is 0. The Labute approximate surface area is 116 Å². The summed E-state index contributed by atoms with van der Waals surface area (Å²) in [6.45, 7) is 9.78. The van der Waals surface area contributed by atoms with Crippen molar-refractivity contribution >= 4 is 17.4 Å². The first-order valence-electron chi connectivity index (χ1n) is 7.44. The molecule has 3 rings (SSSR count). The number of rotatable bonds is 1. The molecule has 0 spiro atoms. The van der Waals surface area contributed by atoms with Crippen molar-refractivity contribution in [1.82, 2.24) is 0 Å². The molecule has 0 amide bonds. The highest BCUT2D eigenvalue weighted by Gasteiger charge is 2.70. The largest absolute Gasteiger partial charge is 0.226 e. The van der Waals surface area contributed by atoms with Crippen molar-refractivity contribution in [2.24, 2.45) is 33.6 Å². The van der Waals surface area contributed by atoms with Crippen molar-refractivity contribution in [3.05, 3.63) is 0 Å². The lowest BCUT2D eigenvalue weighted by atomic mass is 9.54. The maximum absolute atomic E-state index is 4.93. The number of hydrogen-bond acceptors (Lipinski definition) is 2. The van der Waals surface area contributed by atoms with Crippen LogP contribution >= 0.6 is 12.2 Å². The van der Waals surface area contributed by atoms with Gasteiger partial charge in [0.05, 0.1) is 10.7 Å². The van der Waals surface area contributed by atoms with E-state index in [1.807, 2.05) is 0 Å². The van der Waals surface area contributed by atoms with E-state index in [1.54, 1.807) is 0 Å². The van der Waals surface area contributed by atoms with Crippen LogP contribution in [0, 0.1) is 28.6 Å². The summed E-state index contributed by atoms with van der Waals surface area (Å²) in [5, 5.41) is 2.70. The minimum Gasteiger partial charge on any atom is -0.226 e. The molecule has 0 aromatic rings. The lowest BCUT2D eigenvalue weighted by Gasteiger charge is -2.53. The van der Waals surface area contributed by atoms with Gasteiger partial charge in [-0.05, 0) is 73.4 Å². The van der Waals surface area contributed by atoms with Crippen LogP contribution in [0.2, 0.25) is 0 Å². The summed E-state index contributed by atoms with van der Waals surface area (Å²) in [5.74, 6) is 2.53. The van der Waals surface area contributed by atoms with Crippen molar-refractivity contribution in [3.63, 3.8) is 0 Å². The maximum atomic E-state index is 4.93. The maximum Gasteiger partial charge on any atom is 0.0719 e. The smallest absolute Gasteiger partial charge is 0.0719 e. The molecule has 0 bridgehead atoms. The van der Waals surface area contributed by atoms with Gasteiger partial charge in [0.2, 0.25) is 0 Å². The van der Waals surface area contributed by atoms with Crippen LogP contribution in [0.15, 0.2) is 4.99 Å². The van der Waals surface area contributed by atoms with E-state index in [1.165, 1.54) is 32.1 Å². The van der Waals surface area contributed by atoms with E-state index in [-0.39, 0.29) is 5.54 Å². The molecule has 18 heavy (non-hydrogen) atoms. The molecule has 1 nitrogen and oxygen atoms in total. The van der Waals surface area contributed by atoms with Gasteiger partial charge in [-0.15, -0.1) is 0 Å². The second-order valence-corrected chi connectivity index (χ2v) is 8.22. The summed E-state index contributed by atoms with van der Waals surface area (Å²) < 4.78 is 0. The zero-order valence-electron chi connectivity index (χ0n) is 12.1.